The number of halogens is 2. The zero-order valence-electron chi connectivity index (χ0n) is 11.1. The van der Waals surface area contributed by atoms with Gasteiger partial charge in [0.15, 0.2) is 0 Å². The van der Waals surface area contributed by atoms with Crippen molar-refractivity contribution < 1.29 is 24.0 Å². The first-order valence-electron chi connectivity index (χ1n) is 5.98. The summed E-state index contributed by atoms with van der Waals surface area (Å²) in [6, 6.07) is 0.555. The molecule has 0 aliphatic carbocycles. The van der Waals surface area contributed by atoms with Crippen LogP contribution in [-0.4, -0.2) is 35.8 Å². The first-order chi connectivity index (χ1) is 9.86. The number of nitro groups is 1. The van der Waals surface area contributed by atoms with Crippen molar-refractivity contribution in [3.05, 3.63) is 33.1 Å². The van der Waals surface area contributed by atoms with Gasteiger partial charge in [0.25, 0.3) is 5.69 Å². The molecule has 1 aromatic rings. The van der Waals surface area contributed by atoms with Crippen LogP contribution >= 0.6 is 11.6 Å². The molecular formula is C12H14ClFN2O5. The van der Waals surface area contributed by atoms with Crippen LogP contribution in [0.25, 0.3) is 0 Å². The molecule has 0 amide bonds. The molecular weight excluding hydrogens is 307 g/mol. The number of anilines is 1. The standard InChI is InChI=1S/C12H14ClFN2O5/c1-21-4-2-3-9(12(17)18)15-10-6-8(14)7(13)5-11(10)16(19)20/h5-6,9,15H,2-4H2,1H3,(H,17,18). The number of ether oxygens (including phenoxy) is 1. The van der Waals surface area contributed by atoms with E-state index in [4.69, 9.17) is 21.4 Å². The Bertz CT molecular complexity index is 541. The maximum absolute atomic E-state index is 13.4. The van der Waals surface area contributed by atoms with Crippen molar-refractivity contribution in [1.82, 2.24) is 0 Å². The van der Waals surface area contributed by atoms with E-state index in [1.807, 2.05) is 0 Å². The molecule has 0 saturated carbocycles. The molecule has 0 aliphatic rings. The average molecular weight is 321 g/mol. The Kier molecular flexibility index (Phi) is 6.32. The maximum Gasteiger partial charge on any atom is 0.326 e. The number of nitro benzene ring substituents is 1. The number of rotatable bonds is 8. The van der Waals surface area contributed by atoms with Gasteiger partial charge in [-0.3, -0.25) is 10.1 Å². The minimum absolute atomic E-state index is 0.171. The Labute approximate surface area is 124 Å². The highest BCUT2D eigenvalue weighted by molar-refractivity contribution is 6.31. The van der Waals surface area contributed by atoms with Gasteiger partial charge in [-0.15, -0.1) is 0 Å². The number of nitrogens with one attached hydrogen (secondary N) is 1. The number of hydrogen-bond donors (Lipinski definition) is 2. The van der Waals surface area contributed by atoms with E-state index in [-0.39, 0.29) is 12.1 Å². The molecule has 1 unspecified atom stereocenters. The third-order valence-corrected chi connectivity index (χ3v) is 2.99. The molecule has 0 aliphatic heterocycles. The van der Waals surface area contributed by atoms with Gasteiger partial charge in [0, 0.05) is 25.8 Å². The first-order valence-corrected chi connectivity index (χ1v) is 6.36. The summed E-state index contributed by atoms with van der Waals surface area (Å²) in [6.45, 7) is 0.350. The summed E-state index contributed by atoms with van der Waals surface area (Å²) in [5, 5.41) is 22.1. The molecule has 9 heteroatoms. The van der Waals surface area contributed by atoms with Crippen molar-refractivity contribution in [2.45, 2.75) is 18.9 Å². The molecule has 21 heavy (non-hydrogen) atoms. The predicted octanol–water partition coefficient (Wildman–Crippen LogP) is 2.68. The highest BCUT2D eigenvalue weighted by Crippen LogP contribution is 2.31. The normalized spacial score (nSPS) is 12.0. The van der Waals surface area contributed by atoms with Crippen molar-refractivity contribution >= 4 is 28.9 Å². The van der Waals surface area contributed by atoms with Crippen LogP contribution in [0.1, 0.15) is 12.8 Å². The van der Waals surface area contributed by atoms with E-state index in [0.29, 0.717) is 13.0 Å². The number of carbonyl (C=O) groups is 1. The molecule has 0 spiro atoms. The second-order valence-electron chi connectivity index (χ2n) is 4.21. The number of benzene rings is 1. The molecule has 1 aromatic carbocycles. The lowest BCUT2D eigenvalue weighted by atomic mass is 10.1. The lowest BCUT2D eigenvalue weighted by Crippen LogP contribution is -2.29. The Balaban J connectivity index is 2.99. The molecule has 1 atom stereocenters. The SMILES string of the molecule is COCCCC(Nc1cc(F)c(Cl)cc1[N+](=O)[O-])C(=O)O. The summed E-state index contributed by atoms with van der Waals surface area (Å²) in [4.78, 5) is 21.3. The van der Waals surface area contributed by atoms with Crippen LogP contribution < -0.4 is 5.32 Å². The Morgan fingerprint density at radius 3 is 2.81 bits per heavy atom. The van der Waals surface area contributed by atoms with Crippen LogP contribution in [0, 0.1) is 15.9 Å². The van der Waals surface area contributed by atoms with E-state index < -0.39 is 33.5 Å². The Morgan fingerprint density at radius 2 is 2.29 bits per heavy atom. The van der Waals surface area contributed by atoms with Crippen LogP contribution in [0.3, 0.4) is 0 Å². The minimum Gasteiger partial charge on any atom is -0.480 e. The zero-order valence-corrected chi connectivity index (χ0v) is 11.9. The summed E-state index contributed by atoms with van der Waals surface area (Å²) in [6.07, 6.45) is 0.606. The fourth-order valence-electron chi connectivity index (χ4n) is 1.68. The van der Waals surface area contributed by atoms with E-state index in [1.165, 1.54) is 7.11 Å². The van der Waals surface area contributed by atoms with Gasteiger partial charge in [-0.1, -0.05) is 11.6 Å². The summed E-state index contributed by atoms with van der Waals surface area (Å²) in [5.74, 6) is -2.07. The summed E-state index contributed by atoms with van der Waals surface area (Å²) >= 11 is 5.49. The highest BCUT2D eigenvalue weighted by atomic mass is 35.5. The van der Waals surface area contributed by atoms with Gasteiger partial charge in [0.1, 0.15) is 17.5 Å². The second kappa shape index (κ2) is 7.75. The molecule has 0 saturated heterocycles. The van der Waals surface area contributed by atoms with E-state index >= 15 is 0 Å². The van der Waals surface area contributed by atoms with E-state index in [0.717, 1.165) is 12.1 Å². The van der Waals surface area contributed by atoms with E-state index in [9.17, 15) is 19.3 Å². The van der Waals surface area contributed by atoms with Crippen LogP contribution in [0.4, 0.5) is 15.8 Å². The summed E-state index contributed by atoms with van der Waals surface area (Å²) < 4.78 is 18.2. The number of nitrogens with zero attached hydrogens (tertiary/aromatic N) is 1. The van der Waals surface area contributed by atoms with E-state index in [1.54, 1.807) is 0 Å². The lowest BCUT2D eigenvalue weighted by Gasteiger charge is -2.16. The number of hydrogen-bond acceptors (Lipinski definition) is 5. The maximum atomic E-state index is 13.4. The third-order valence-electron chi connectivity index (χ3n) is 2.70. The molecule has 0 aromatic heterocycles. The van der Waals surface area contributed by atoms with Crippen LogP contribution in [-0.2, 0) is 9.53 Å². The van der Waals surface area contributed by atoms with Gasteiger partial charge in [-0.05, 0) is 12.8 Å². The first kappa shape index (κ1) is 17.1. The van der Waals surface area contributed by atoms with Crippen LogP contribution in [0.15, 0.2) is 12.1 Å². The monoisotopic (exact) mass is 320 g/mol. The Morgan fingerprint density at radius 1 is 1.62 bits per heavy atom. The van der Waals surface area contributed by atoms with Crippen molar-refractivity contribution in [2.24, 2.45) is 0 Å². The van der Waals surface area contributed by atoms with Gasteiger partial charge in [-0.2, -0.15) is 0 Å². The summed E-state index contributed by atoms with van der Waals surface area (Å²) in [7, 11) is 1.47. The molecule has 0 radical (unpaired) electrons. The van der Waals surface area contributed by atoms with Crippen LogP contribution in [0.5, 0.6) is 0 Å². The van der Waals surface area contributed by atoms with E-state index in [2.05, 4.69) is 5.32 Å². The quantitative estimate of drug-likeness (QED) is 0.434. The Hall–Kier alpha value is -1.93. The van der Waals surface area contributed by atoms with Crippen molar-refractivity contribution in [3.8, 4) is 0 Å². The molecule has 7 nitrogen and oxygen atoms in total. The molecule has 0 fully saturated rings. The van der Waals surface area contributed by atoms with Crippen molar-refractivity contribution in [3.63, 3.8) is 0 Å². The van der Waals surface area contributed by atoms with Gasteiger partial charge in [-0.25, -0.2) is 9.18 Å². The molecule has 1 rings (SSSR count). The molecule has 0 heterocycles. The molecule has 0 bridgehead atoms. The van der Waals surface area contributed by atoms with Crippen LogP contribution in [0.2, 0.25) is 5.02 Å². The number of carboxylic acid groups (broad SMARTS) is 1. The third kappa shape index (κ3) is 4.83. The number of methoxy groups -OCH3 is 1. The largest absolute Gasteiger partial charge is 0.480 e. The lowest BCUT2D eigenvalue weighted by molar-refractivity contribution is -0.384. The number of aliphatic carboxylic acids is 1. The predicted molar refractivity (Wildman–Crippen MR) is 74.2 cm³/mol. The number of carboxylic acids is 1. The van der Waals surface area contributed by atoms with Gasteiger partial charge in [0.05, 0.1) is 9.95 Å². The smallest absolute Gasteiger partial charge is 0.326 e. The zero-order chi connectivity index (χ0) is 16.0. The minimum atomic E-state index is -1.20. The van der Waals surface area contributed by atoms with Crippen molar-refractivity contribution in [2.75, 3.05) is 19.0 Å². The average Bonchev–Trinajstić information content (AvgIpc) is 2.41. The van der Waals surface area contributed by atoms with Crippen molar-refractivity contribution in [1.29, 1.82) is 0 Å². The fourth-order valence-corrected chi connectivity index (χ4v) is 1.84. The topological polar surface area (TPSA) is 102 Å². The molecule has 116 valence electrons. The fraction of sp³-hybridized carbons (Fsp3) is 0.417. The highest BCUT2D eigenvalue weighted by Gasteiger charge is 2.23. The van der Waals surface area contributed by atoms with Gasteiger partial charge in [0.2, 0.25) is 0 Å². The van der Waals surface area contributed by atoms with Gasteiger partial charge < -0.3 is 15.2 Å². The second-order valence-corrected chi connectivity index (χ2v) is 4.62. The molecule has 2 N–H and O–H groups in total. The van der Waals surface area contributed by atoms with Gasteiger partial charge >= 0.3 is 5.97 Å². The summed E-state index contributed by atoms with van der Waals surface area (Å²) in [5.41, 5.74) is -0.717.